The van der Waals surface area contributed by atoms with Gasteiger partial charge in [-0.1, -0.05) is 30.3 Å². The zero-order valence-electron chi connectivity index (χ0n) is 17.1. The van der Waals surface area contributed by atoms with E-state index >= 15 is 0 Å². The molecule has 5 nitrogen and oxygen atoms in total. The van der Waals surface area contributed by atoms with Crippen molar-refractivity contribution in [2.45, 2.75) is 20.0 Å². The molecule has 1 amide bonds. The number of ether oxygens (including phenoxy) is 2. The van der Waals surface area contributed by atoms with Crippen LogP contribution in [0.2, 0.25) is 0 Å². The van der Waals surface area contributed by atoms with E-state index in [0.717, 1.165) is 21.8 Å². The number of aromatic nitrogens is 1. The van der Waals surface area contributed by atoms with E-state index in [-0.39, 0.29) is 17.4 Å². The second kappa shape index (κ2) is 10.7. The number of halogens is 2. The fourth-order valence-corrected chi connectivity index (χ4v) is 3.50. The van der Waals surface area contributed by atoms with Gasteiger partial charge in [0.1, 0.15) is 0 Å². The van der Waals surface area contributed by atoms with Crippen molar-refractivity contribution in [1.82, 2.24) is 10.3 Å². The first-order valence-corrected chi connectivity index (χ1v) is 10.4. The number of nitrogens with zero attached hydrogens (tertiary/aromatic N) is 1. The molecule has 1 N–H and O–H groups in total. The number of alkyl halides is 2. The van der Waals surface area contributed by atoms with Crippen LogP contribution in [0.3, 0.4) is 0 Å². The van der Waals surface area contributed by atoms with Crippen molar-refractivity contribution in [1.29, 1.82) is 0 Å². The van der Waals surface area contributed by atoms with E-state index in [1.165, 1.54) is 25.3 Å². The number of nitrogens with one attached hydrogen (secondary N) is 1. The van der Waals surface area contributed by atoms with Crippen LogP contribution >= 0.6 is 11.3 Å². The van der Waals surface area contributed by atoms with Gasteiger partial charge < -0.3 is 14.8 Å². The van der Waals surface area contributed by atoms with E-state index < -0.39 is 6.61 Å². The predicted octanol–water partition coefficient (Wildman–Crippen LogP) is 5.10. The molecule has 0 aliphatic rings. The normalized spacial score (nSPS) is 11.1. The number of methoxy groups -OCH3 is 1. The number of aryl methyl sites for hydroxylation is 1. The smallest absolute Gasteiger partial charge is 0.387 e. The van der Waals surface area contributed by atoms with Gasteiger partial charge in [-0.25, -0.2) is 4.98 Å². The van der Waals surface area contributed by atoms with Crippen molar-refractivity contribution >= 4 is 23.3 Å². The van der Waals surface area contributed by atoms with Crippen molar-refractivity contribution in [3.8, 4) is 22.8 Å². The lowest BCUT2D eigenvalue weighted by Crippen LogP contribution is -2.23. The highest BCUT2D eigenvalue weighted by Crippen LogP contribution is 2.29. The van der Waals surface area contributed by atoms with Gasteiger partial charge in [0.15, 0.2) is 11.5 Å². The molecule has 0 unspecified atom stereocenters. The summed E-state index contributed by atoms with van der Waals surface area (Å²) in [5, 5.41) is 5.89. The molecule has 0 fully saturated rings. The minimum atomic E-state index is -2.94. The number of carbonyl (C=O) groups is 1. The molecule has 31 heavy (non-hydrogen) atoms. The molecule has 0 radical (unpaired) electrons. The maximum absolute atomic E-state index is 12.4. The summed E-state index contributed by atoms with van der Waals surface area (Å²) >= 11 is 1.62. The van der Waals surface area contributed by atoms with Gasteiger partial charge in [0, 0.05) is 23.6 Å². The summed E-state index contributed by atoms with van der Waals surface area (Å²) in [6, 6.07) is 12.6. The second-order valence-corrected chi connectivity index (χ2v) is 7.67. The molecular formula is C23H22F2N2O3S. The molecule has 2 aromatic carbocycles. The molecule has 0 bridgehead atoms. The van der Waals surface area contributed by atoms with Gasteiger partial charge >= 0.3 is 6.61 Å². The van der Waals surface area contributed by atoms with E-state index in [9.17, 15) is 13.6 Å². The average Bonchev–Trinajstić information content (AvgIpc) is 3.19. The van der Waals surface area contributed by atoms with Gasteiger partial charge in [-0.05, 0) is 42.7 Å². The Morgan fingerprint density at radius 2 is 1.97 bits per heavy atom. The highest BCUT2D eigenvalue weighted by Gasteiger charge is 2.10. The Hall–Kier alpha value is -3.26. The summed E-state index contributed by atoms with van der Waals surface area (Å²) in [6.45, 7) is -0.468. The zero-order chi connectivity index (χ0) is 22.2. The number of thiazole rings is 1. The molecule has 1 aromatic heterocycles. The fraction of sp³-hybridized carbons (Fsp3) is 0.217. The van der Waals surface area contributed by atoms with E-state index in [1.54, 1.807) is 23.5 Å². The maximum Gasteiger partial charge on any atom is 0.387 e. The van der Waals surface area contributed by atoms with Gasteiger partial charge in [-0.3, -0.25) is 4.79 Å². The number of benzene rings is 2. The Balaban J connectivity index is 1.49. The molecule has 162 valence electrons. The first-order valence-electron chi connectivity index (χ1n) is 9.55. The Bertz CT molecular complexity index is 1050. The third kappa shape index (κ3) is 6.62. The van der Waals surface area contributed by atoms with Crippen LogP contribution in [0.1, 0.15) is 16.1 Å². The summed E-state index contributed by atoms with van der Waals surface area (Å²) in [7, 11) is 1.36. The van der Waals surface area contributed by atoms with Gasteiger partial charge in [0.25, 0.3) is 0 Å². The lowest BCUT2D eigenvalue weighted by molar-refractivity contribution is -0.116. The number of amides is 1. The predicted molar refractivity (Wildman–Crippen MR) is 118 cm³/mol. The third-order valence-corrected chi connectivity index (χ3v) is 5.19. The van der Waals surface area contributed by atoms with Gasteiger partial charge in [-0.2, -0.15) is 8.78 Å². The highest BCUT2D eigenvalue weighted by atomic mass is 32.1. The third-order valence-electron chi connectivity index (χ3n) is 4.41. The fourth-order valence-electron chi connectivity index (χ4n) is 2.88. The standard InChI is InChI=1S/C23H22F2N2O3S/c1-15-27-19(14-31-15)18-7-3-16(4-8-18)11-12-26-22(28)10-6-17-5-9-20(30-23(24)25)21(13-17)29-2/h3-10,13-14,23H,11-12H2,1-2H3,(H,26,28)/b10-6+. The SMILES string of the molecule is COc1cc(/C=C/C(=O)NCCc2ccc(-c3csc(C)n3)cc2)ccc1OC(F)F. The largest absolute Gasteiger partial charge is 0.493 e. The topological polar surface area (TPSA) is 60.5 Å². The number of carbonyl (C=O) groups excluding carboxylic acids is 1. The zero-order valence-corrected chi connectivity index (χ0v) is 17.9. The minimum Gasteiger partial charge on any atom is -0.493 e. The lowest BCUT2D eigenvalue weighted by Gasteiger charge is -2.10. The quantitative estimate of drug-likeness (QED) is 0.467. The van der Waals surface area contributed by atoms with Crippen LogP contribution in [-0.4, -0.2) is 31.2 Å². The average molecular weight is 445 g/mol. The molecule has 0 saturated carbocycles. The molecule has 8 heteroatoms. The summed E-state index contributed by atoms with van der Waals surface area (Å²) < 4.78 is 34.2. The van der Waals surface area contributed by atoms with Crippen LogP contribution in [0.15, 0.2) is 53.9 Å². The first kappa shape index (κ1) is 22.4. The second-order valence-electron chi connectivity index (χ2n) is 6.61. The van der Waals surface area contributed by atoms with Crippen LogP contribution in [0.5, 0.6) is 11.5 Å². The van der Waals surface area contributed by atoms with E-state index in [1.807, 2.05) is 36.6 Å². The Labute approximate surface area is 183 Å². The lowest BCUT2D eigenvalue weighted by atomic mass is 10.1. The summed E-state index contributed by atoms with van der Waals surface area (Å²) in [5.74, 6) is -0.143. The highest BCUT2D eigenvalue weighted by molar-refractivity contribution is 7.09. The van der Waals surface area contributed by atoms with E-state index in [2.05, 4.69) is 15.0 Å². The molecule has 0 aliphatic heterocycles. The van der Waals surface area contributed by atoms with Crippen molar-refractivity contribution < 1.29 is 23.0 Å². The molecule has 0 spiro atoms. The molecule has 0 aliphatic carbocycles. The molecule has 0 atom stereocenters. The maximum atomic E-state index is 12.4. The van der Waals surface area contributed by atoms with Gasteiger partial charge in [0.2, 0.25) is 5.91 Å². The summed E-state index contributed by atoms with van der Waals surface area (Å²) in [6.07, 6.45) is 3.66. The van der Waals surface area contributed by atoms with Crippen LogP contribution in [-0.2, 0) is 11.2 Å². The van der Waals surface area contributed by atoms with Crippen LogP contribution < -0.4 is 14.8 Å². The summed E-state index contributed by atoms with van der Waals surface area (Å²) in [5.41, 5.74) is 3.78. The van der Waals surface area contributed by atoms with E-state index in [0.29, 0.717) is 18.5 Å². The van der Waals surface area contributed by atoms with Crippen molar-refractivity contribution in [3.63, 3.8) is 0 Å². The van der Waals surface area contributed by atoms with Crippen molar-refractivity contribution in [2.24, 2.45) is 0 Å². The Kier molecular flexibility index (Phi) is 7.72. The first-order chi connectivity index (χ1) is 14.9. The number of rotatable bonds is 9. The van der Waals surface area contributed by atoms with Gasteiger partial charge in [-0.15, -0.1) is 11.3 Å². The van der Waals surface area contributed by atoms with E-state index in [4.69, 9.17) is 4.74 Å². The molecule has 3 rings (SSSR count). The van der Waals surface area contributed by atoms with Crippen LogP contribution in [0.4, 0.5) is 8.78 Å². The van der Waals surface area contributed by atoms with Crippen molar-refractivity contribution in [2.75, 3.05) is 13.7 Å². The van der Waals surface area contributed by atoms with Crippen LogP contribution in [0, 0.1) is 6.92 Å². The van der Waals surface area contributed by atoms with Crippen LogP contribution in [0.25, 0.3) is 17.3 Å². The van der Waals surface area contributed by atoms with Crippen molar-refractivity contribution in [3.05, 3.63) is 70.1 Å². The monoisotopic (exact) mass is 444 g/mol. The Morgan fingerprint density at radius 1 is 1.19 bits per heavy atom. The van der Waals surface area contributed by atoms with Gasteiger partial charge in [0.05, 0.1) is 17.8 Å². The Morgan fingerprint density at radius 3 is 2.61 bits per heavy atom. The summed E-state index contributed by atoms with van der Waals surface area (Å²) in [4.78, 5) is 16.5. The molecule has 0 saturated heterocycles. The molecule has 1 heterocycles. The minimum absolute atomic E-state index is 0.0602. The molecule has 3 aromatic rings. The molecular weight excluding hydrogens is 422 g/mol. The number of hydrogen-bond acceptors (Lipinski definition) is 5. The number of hydrogen-bond donors (Lipinski definition) is 1.